The van der Waals surface area contributed by atoms with Crippen LogP contribution in [0.2, 0.25) is 0 Å². The normalized spacial score (nSPS) is 15.0. The second-order valence-electron chi connectivity index (χ2n) is 6.02. The molecular weight excluding hydrogens is 320 g/mol. The predicted octanol–water partition coefficient (Wildman–Crippen LogP) is 2.47. The van der Waals surface area contributed by atoms with Crippen molar-refractivity contribution in [3.8, 4) is 5.75 Å². The number of amides is 2. The monoisotopic (exact) mass is 342 g/mol. The fraction of sp³-hybridized carbons (Fsp3) is 0.368. The van der Waals surface area contributed by atoms with E-state index >= 15 is 0 Å². The van der Waals surface area contributed by atoms with Crippen LogP contribution in [-0.4, -0.2) is 42.5 Å². The minimum atomic E-state index is -0.0916. The van der Waals surface area contributed by atoms with Gasteiger partial charge in [0.05, 0.1) is 19.3 Å². The number of hydrogen-bond donors (Lipinski definition) is 1. The molecule has 0 radical (unpaired) electrons. The maximum absolute atomic E-state index is 12.2. The Bertz CT molecular complexity index is 677. The SMILES string of the molecule is O=C(CCOc1ccccc1)NC1CCN(C(=O)c2ccco2)CC1. The summed E-state index contributed by atoms with van der Waals surface area (Å²) in [5.41, 5.74) is 0. The Morgan fingerprint density at radius 1 is 1.12 bits per heavy atom. The molecule has 1 saturated heterocycles. The van der Waals surface area contributed by atoms with Gasteiger partial charge in [-0.25, -0.2) is 0 Å². The zero-order chi connectivity index (χ0) is 17.5. The molecule has 1 aliphatic rings. The minimum absolute atomic E-state index is 0.0215. The topological polar surface area (TPSA) is 71.8 Å². The van der Waals surface area contributed by atoms with Crippen molar-refractivity contribution < 1.29 is 18.7 Å². The van der Waals surface area contributed by atoms with Gasteiger partial charge in [0, 0.05) is 19.1 Å². The number of nitrogens with one attached hydrogen (secondary N) is 1. The molecule has 0 unspecified atom stereocenters. The molecule has 1 N–H and O–H groups in total. The standard InChI is InChI=1S/C19H22N2O4/c22-18(10-14-24-16-5-2-1-3-6-16)20-15-8-11-21(12-9-15)19(23)17-7-4-13-25-17/h1-7,13,15H,8-12,14H2,(H,20,22). The van der Waals surface area contributed by atoms with Gasteiger partial charge < -0.3 is 19.4 Å². The van der Waals surface area contributed by atoms with Crippen LogP contribution in [0.15, 0.2) is 53.1 Å². The number of nitrogens with zero attached hydrogens (tertiary/aromatic N) is 1. The van der Waals surface area contributed by atoms with Crippen molar-refractivity contribution in [3.05, 3.63) is 54.5 Å². The molecule has 1 aliphatic heterocycles. The zero-order valence-electron chi connectivity index (χ0n) is 14.0. The van der Waals surface area contributed by atoms with Gasteiger partial charge in [0.25, 0.3) is 5.91 Å². The lowest BCUT2D eigenvalue weighted by Crippen LogP contribution is -2.46. The first-order chi connectivity index (χ1) is 12.2. The number of para-hydroxylation sites is 1. The van der Waals surface area contributed by atoms with Gasteiger partial charge in [-0.05, 0) is 37.1 Å². The van der Waals surface area contributed by atoms with E-state index in [1.54, 1.807) is 17.0 Å². The van der Waals surface area contributed by atoms with Crippen molar-refractivity contribution >= 4 is 11.8 Å². The van der Waals surface area contributed by atoms with E-state index in [1.165, 1.54) is 6.26 Å². The molecular formula is C19H22N2O4. The van der Waals surface area contributed by atoms with Crippen LogP contribution in [0.3, 0.4) is 0 Å². The number of furan rings is 1. The summed E-state index contributed by atoms with van der Waals surface area (Å²) >= 11 is 0. The Hall–Kier alpha value is -2.76. The number of piperidine rings is 1. The highest BCUT2D eigenvalue weighted by atomic mass is 16.5. The highest BCUT2D eigenvalue weighted by molar-refractivity contribution is 5.91. The zero-order valence-corrected chi connectivity index (χ0v) is 14.0. The van der Waals surface area contributed by atoms with Crippen LogP contribution >= 0.6 is 0 Å². The fourth-order valence-corrected chi connectivity index (χ4v) is 2.86. The molecule has 0 spiro atoms. The van der Waals surface area contributed by atoms with Crippen molar-refractivity contribution in [2.75, 3.05) is 19.7 Å². The Labute approximate surface area is 146 Å². The van der Waals surface area contributed by atoms with Crippen LogP contribution in [-0.2, 0) is 4.79 Å². The average molecular weight is 342 g/mol. The lowest BCUT2D eigenvalue weighted by atomic mass is 10.0. The average Bonchev–Trinajstić information content (AvgIpc) is 3.17. The molecule has 1 fully saturated rings. The number of ether oxygens (including phenoxy) is 1. The van der Waals surface area contributed by atoms with E-state index in [9.17, 15) is 9.59 Å². The molecule has 2 aromatic rings. The second-order valence-corrected chi connectivity index (χ2v) is 6.02. The Morgan fingerprint density at radius 3 is 2.56 bits per heavy atom. The number of hydrogen-bond acceptors (Lipinski definition) is 4. The van der Waals surface area contributed by atoms with Crippen LogP contribution in [0, 0.1) is 0 Å². The van der Waals surface area contributed by atoms with Gasteiger partial charge in [-0.1, -0.05) is 18.2 Å². The summed E-state index contributed by atoms with van der Waals surface area (Å²) in [6.45, 7) is 1.58. The minimum Gasteiger partial charge on any atom is -0.493 e. The molecule has 6 heteroatoms. The highest BCUT2D eigenvalue weighted by Gasteiger charge is 2.25. The lowest BCUT2D eigenvalue weighted by molar-refractivity contribution is -0.122. The molecule has 132 valence electrons. The second kappa shape index (κ2) is 8.37. The molecule has 6 nitrogen and oxygen atoms in total. The lowest BCUT2D eigenvalue weighted by Gasteiger charge is -2.31. The number of carbonyl (C=O) groups excluding carboxylic acids is 2. The number of rotatable bonds is 6. The summed E-state index contributed by atoms with van der Waals surface area (Å²) in [6.07, 6.45) is 3.31. The summed E-state index contributed by atoms with van der Waals surface area (Å²) < 4.78 is 10.7. The first kappa shape index (κ1) is 17.1. The van der Waals surface area contributed by atoms with E-state index in [4.69, 9.17) is 9.15 Å². The van der Waals surface area contributed by atoms with Gasteiger partial charge in [-0.15, -0.1) is 0 Å². The third-order valence-electron chi connectivity index (χ3n) is 4.22. The fourth-order valence-electron chi connectivity index (χ4n) is 2.86. The van der Waals surface area contributed by atoms with Crippen molar-refractivity contribution in [1.29, 1.82) is 0 Å². The van der Waals surface area contributed by atoms with Crippen LogP contribution in [0.25, 0.3) is 0 Å². The Kier molecular flexibility index (Phi) is 5.72. The summed E-state index contributed by atoms with van der Waals surface area (Å²) in [5.74, 6) is 1.01. The Morgan fingerprint density at radius 2 is 1.88 bits per heavy atom. The van der Waals surface area contributed by atoms with Crippen molar-refractivity contribution in [2.45, 2.75) is 25.3 Å². The third-order valence-corrected chi connectivity index (χ3v) is 4.22. The molecule has 1 aromatic carbocycles. The van der Waals surface area contributed by atoms with E-state index in [2.05, 4.69) is 5.32 Å². The van der Waals surface area contributed by atoms with Gasteiger partial charge >= 0.3 is 0 Å². The third kappa shape index (κ3) is 4.86. The molecule has 1 aromatic heterocycles. The van der Waals surface area contributed by atoms with Crippen molar-refractivity contribution in [3.63, 3.8) is 0 Å². The molecule has 0 bridgehead atoms. The summed E-state index contributed by atoms with van der Waals surface area (Å²) in [4.78, 5) is 26.0. The van der Waals surface area contributed by atoms with E-state index in [0.717, 1.165) is 18.6 Å². The van der Waals surface area contributed by atoms with Gasteiger partial charge in [-0.2, -0.15) is 0 Å². The van der Waals surface area contributed by atoms with Crippen molar-refractivity contribution in [1.82, 2.24) is 10.2 Å². The maximum Gasteiger partial charge on any atom is 0.289 e. The molecule has 0 aliphatic carbocycles. The van der Waals surface area contributed by atoms with Gasteiger partial charge in [-0.3, -0.25) is 9.59 Å². The summed E-state index contributed by atoms with van der Waals surface area (Å²) in [6, 6.07) is 12.9. The smallest absolute Gasteiger partial charge is 0.289 e. The highest BCUT2D eigenvalue weighted by Crippen LogP contribution is 2.14. The Balaban J connectivity index is 1.35. The molecule has 3 rings (SSSR count). The quantitative estimate of drug-likeness (QED) is 0.875. The van der Waals surface area contributed by atoms with Gasteiger partial charge in [0.15, 0.2) is 5.76 Å². The number of benzene rings is 1. The molecule has 25 heavy (non-hydrogen) atoms. The van der Waals surface area contributed by atoms with Crippen LogP contribution < -0.4 is 10.1 Å². The van der Waals surface area contributed by atoms with E-state index in [1.807, 2.05) is 30.3 Å². The number of likely N-dealkylation sites (tertiary alicyclic amines) is 1. The van der Waals surface area contributed by atoms with E-state index < -0.39 is 0 Å². The molecule has 2 heterocycles. The van der Waals surface area contributed by atoms with Gasteiger partial charge in [0.1, 0.15) is 5.75 Å². The van der Waals surface area contributed by atoms with Crippen LogP contribution in [0.4, 0.5) is 0 Å². The molecule has 0 saturated carbocycles. The summed E-state index contributed by atoms with van der Waals surface area (Å²) in [7, 11) is 0. The summed E-state index contributed by atoms with van der Waals surface area (Å²) in [5, 5.41) is 3.02. The first-order valence-corrected chi connectivity index (χ1v) is 8.52. The first-order valence-electron chi connectivity index (χ1n) is 8.52. The largest absolute Gasteiger partial charge is 0.493 e. The predicted molar refractivity (Wildman–Crippen MR) is 92.3 cm³/mol. The molecule has 2 amide bonds. The van der Waals surface area contributed by atoms with Gasteiger partial charge in [0.2, 0.25) is 5.91 Å². The van der Waals surface area contributed by atoms with Crippen molar-refractivity contribution in [2.24, 2.45) is 0 Å². The molecule has 0 atom stereocenters. The maximum atomic E-state index is 12.2. The van der Waals surface area contributed by atoms with E-state index in [-0.39, 0.29) is 17.9 Å². The van der Waals surface area contributed by atoms with Crippen LogP contribution in [0.5, 0.6) is 5.75 Å². The van der Waals surface area contributed by atoms with E-state index in [0.29, 0.717) is 31.9 Å². The van der Waals surface area contributed by atoms with Crippen LogP contribution in [0.1, 0.15) is 29.8 Å². The number of carbonyl (C=O) groups is 2.